The van der Waals surface area contributed by atoms with E-state index in [1.165, 1.54) is 0 Å². The first-order valence-electron chi connectivity index (χ1n) is 10.6. The maximum atomic E-state index is 12.5. The summed E-state index contributed by atoms with van der Waals surface area (Å²) in [6.45, 7) is 4.62. The molecule has 1 aliphatic rings. The summed E-state index contributed by atoms with van der Waals surface area (Å²) in [6, 6.07) is 14.8. The van der Waals surface area contributed by atoms with Crippen molar-refractivity contribution in [1.82, 2.24) is 20.1 Å². The molecule has 3 heterocycles. The van der Waals surface area contributed by atoms with Crippen LogP contribution in [0.15, 0.2) is 65.3 Å². The molecule has 166 valence electrons. The Morgan fingerprint density at radius 1 is 1.00 bits per heavy atom. The van der Waals surface area contributed by atoms with Gasteiger partial charge < -0.3 is 24.3 Å². The molecule has 0 atom stereocenters. The zero-order valence-corrected chi connectivity index (χ0v) is 18.0. The van der Waals surface area contributed by atoms with Crippen molar-refractivity contribution >= 4 is 11.9 Å². The standard InChI is InChI=1S/C24H26N4O4/c1-18-4-9-22(32-18)23(29)27-11-13-28(14-12-27)24(30)26-16-19-5-7-21(8-6-19)31-17-20-3-2-10-25-15-20/h2-10,15H,11-14,16-17H2,1H3,(H,26,30). The first-order chi connectivity index (χ1) is 15.6. The number of piperazine rings is 1. The van der Waals surface area contributed by atoms with E-state index in [1.54, 1.807) is 34.3 Å². The van der Waals surface area contributed by atoms with Crippen LogP contribution in [0.2, 0.25) is 0 Å². The fourth-order valence-corrected chi connectivity index (χ4v) is 3.46. The van der Waals surface area contributed by atoms with Crippen molar-refractivity contribution in [2.24, 2.45) is 0 Å². The molecule has 0 aliphatic carbocycles. The van der Waals surface area contributed by atoms with E-state index in [2.05, 4.69) is 10.3 Å². The monoisotopic (exact) mass is 434 g/mol. The molecule has 32 heavy (non-hydrogen) atoms. The first-order valence-corrected chi connectivity index (χ1v) is 10.6. The lowest BCUT2D eigenvalue weighted by atomic mass is 10.2. The smallest absolute Gasteiger partial charge is 0.317 e. The Labute approximate surface area is 186 Å². The summed E-state index contributed by atoms with van der Waals surface area (Å²) in [5.74, 6) is 1.67. The van der Waals surface area contributed by atoms with Gasteiger partial charge in [-0.05, 0) is 42.8 Å². The Morgan fingerprint density at radius 2 is 1.75 bits per heavy atom. The van der Waals surface area contributed by atoms with Gasteiger partial charge in [-0.3, -0.25) is 9.78 Å². The molecule has 4 rings (SSSR count). The van der Waals surface area contributed by atoms with Crippen LogP contribution in [0, 0.1) is 6.92 Å². The number of furan rings is 1. The lowest BCUT2D eigenvalue weighted by Gasteiger charge is -2.34. The summed E-state index contributed by atoms with van der Waals surface area (Å²) in [6.07, 6.45) is 3.51. The van der Waals surface area contributed by atoms with Gasteiger partial charge in [0.2, 0.25) is 0 Å². The van der Waals surface area contributed by atoms with Gasteiger partial charge >= 0.3 is 6.03 Å². The van der Waals surface area contributed by atoms with Crippen molar-refractivity contribution in [2.45, 2.75) is 20.1 Å². The van der Waals surface area contributed by atoms with Crippen molar-refractivity contribution in [3.05, 3.63) is 83.6 Å². The minimum atomic E-state index is -0.136. The molecule has 1 aliphatic heterocycles. The molecular formula is C24H26N4O4. The number of urea groups is 1. The van der Waals surface area contributed by atoms with Crippen LogP contribution < -0.4 is 10.1 Å². The molecular weight excluding hydrogens is 408 g/mol. The molecule has 1 fully saturated rings. The van der Waals surface area contributed by atoms with Crippen LogP contribution in [0.5, 0.6) is 5.75 Å². The summed E-state index contributed by atoms with van der Waals surface area (Å²) in [5.41, 5.74) is 1.99. The lowest BCUT2D eigenvalue weighted by Crippen LogP contribution is -2.53. The van der Waals surface area contributed by atoms with E-state index < -0.39 is 0 Å². The van der Waals surface area contributed by atoms with Crippen molar-refractivity contribution < 1.29 is 18.7 Å². The van der Waals surface area contributed by atoms with Gasteiger partial charge in [0.15, 0.2) is 5.76 Å². The van der Waals surface area contributed by atoms with Crippen LogP contribution >= 0.6 is 0 Å². The molecule has 0 saturated carbocycles. The number of amides is 3. The maximum Gasteiger partial charge on any atom is 0.317 e. The van der Waals surface area contributed by atoms with Crippen LogP contribution in [0.3, 0.4) is 0 Å². The second-order valence-corrected chi connectivity index (χ2v) is 7.64. The van der Waals surface area contributed by atoms with Gasteiger partial charge in [-0.2, -0.15) is 0 Å². The SMILES string of the molecule is Cc1ccc(C(=O)N2CCN(C(=O)NCc3ccc(OCc4cccnc4)cc3)CC2)o1. The number of ether oxygens (including phenoxy) is 1. The Hall–Kier alpha value is -3.81. The highest BCUT2D eigenvalue weighted by molar-refractivity contribution is 5.91. The number of nitrogens with one attached hydrogen (secondary N) is 1. The van der Waals surface area contributed by atoms with Crippen molar-refractivity contribution in [3.8, 4) is 5.75 Å². The number of carbonyl (C=O) groups excluding carboxylic acids is 2. The van der Waals surface area contributed by atoms with Gasteiger partial charge in [0.05, 0.1) is 0 Å². The molecule has 0 unspecified atom stereocenters. The van der Waals surface area contributed by atoms with Crippen LogP contribution in [0.1, 0.15) is 27.4 Å². The Balaban J connectivity index is 1.20. The molecule has 0 spiro atoms. The molecule has 8 heteroatoms. The highest BCUT2D eigenvalue weighted by Crippen LogP contribution is 2.15. The third-order valence-electron chi connectivity index (χ3n) is 5.30. The van der Waals surface area contributed by atoms with Gasteiger partial charge in [0.25, 0.3) is 5.91 Å². The number of rotatable bonds is 6. The topological polar surface area (TPSA) is 87.9 Å². The molecule has 1 aromatic carbocycles. The lowest BCUT2D eigenvalue weighted by molar-refractivity contribution is 0.0632. The predicted molar refractivity (Wildman–Crippen MR) is 118 cm³/mol. The molecule has 2 aromatic heterocycles. The largest absolute Gasteiger partial charge is 0.489 e. The number of carbonyl (C=O) groups is 2. The summed E-state index contributed by atoms with van der Waals surface area (Å²) in [7, 11) is 0. The highest BCUT2D eigenvalue weighted by atomic mass is 16.5. The van der Waals surface area contributed by atoms with E-state index >= 15 is 0 Å². The third-order valence-corrected chi connectivity index (χ3v) is 5.30. The van der Waals surface area contributed by atoms with Crippen molar-refractivity contribution in [3.63, 3.8) is 0 Å². The van der Waals surface area contributed by atoms with Crippen molar-refractivity contribution in [1.29, 1.82) is 0 Å². The van der Waals surface area contributed by atoms with E-state index in [1.807, 2.05) is 43.3 Å². The predicted octanol–water partition coefficient (Wildman–Crippen LogP) is 3.23. The maximum absolute atomic E-state index is 12.5. The first kappa shape index (κ1) is 21.4. The molecule has 3 amide bonds. The van der Waals surface area contributed by atoms with Gasteiger partial charge in [-0.1, -0.05) is 18.2 Å². The fourth-order valence-electron chi connectivity index (χ4n) is 3.46. The van der Waals surface area contributed by atoms with Crippen LogP contribution in [0.4, 0.5) is 4.79 Å². The molecule has 0 radical (unpaired) electrons. The second kappa shape index (κ2) is 10.00. The number of aryl methyl sites for hydroxylation is 1. The third kappa shape index (κ3) is 5.46. The van der Waals surface area contributed by atoms with E-state index in [4.69, 9.17) is 9.15 Å². The van der Waals surface area contributed by atoms with Crippen LogP contribution in [0.25, 0.3) is 0 Å². The number of nitrogens with zero attached hydrogens (tertiary/aromatic N) is 3. The molecule has 1 saturated heterocycles. The minimum Gasteiger partial charge on any atom is -0.489 e. The minimum absolute atomic E-state index is 0.135. The fraction of sp³-hybridized carbons (Fsp3) is 0.292. The zero-order valence-electron chi connectivity index (χ0n) is 18.0. The number of benzene rings is 1. The van der Waals surface area contributed by atoms with Crippen molar-refractivity contribution in [2.75, 3.05) is 26.2 Å². The number of pyridine rings is 1. The molecule has 0 bridgehead atoms. The van der Waals surface area contributed by atoms with Crippen LogP contribution in [-0.4, -0.2) is 52.9 Å². The number of aromatic nitrogens is 1. The second-order valence-electron chi connectivity index (χ2n) is 7.64. The quantitative estimate of drug-likeness (QED) is 0.644. The number of hydrogen-bond acceptors (Lipinski definition) is 5. The normalized spacial score (nSPS) is 13.7. The van der Waals surface area contributed by atoms with Gasteiger partial charge in [0.1, 0.15) is 18.1 Å². The summed E-state index contributed by atoms with van der Waals surface area (Å²) in [4.78, 5) is 32.5. The van der Waals surface area contributed by atoms with E-state index in [0.29, 0.717) is 50.9 Å². The molecule has 8 nitrogen and oxygen atoms in total. The average Bonchev–Trinajstić information content (AvgIpc) is 3.28. The van der Waals surface area contributed by atoms with Gasteiger partial charge in [-0.25, -0.2) is 4.79 Å². The van der Waals surface area contributed by atoms with E-state index in [9.17, 15) is 9.59 Å². The Morgan fingerprint density at radius 3 is 2.41 bits per heavy atom. The molecule has 1 N–H and O–H groups in total. The molecule has 3 aromatic rings. The zero-order chi connectivity index (χ0) is 22.3. The average molecular weight is 434 g/mol. The highest BCUT2D eigenvalue weighted by Gasteiger charge is 2.26. The number of hydrogen-bond donors (Lipinski definition) is 1. The summed E-state index contributed by atoms with van der Waals surface area (Å²) in [5, 5.41) is 2.94. The van der Waals surface area contributed by atoms with E-state index in [0.717, 1.165) is 16.9 Å². The van der Waals surface area contributed by atoms with Gasteiger partial charge in [-0.15, -0.1) is 0 Å². The Bertz CT molecular complexity index is 1040. The Kier molecular flexibility index (Phi) is 6.69. The van der Waals surface area contributed by atoms with Crippen LogP contribution in [-0.2, 0) is 13.2 Å². The van der Waals surface area contributed by atoms with E-state index in [-0.39, 0.29) is 11.9 Å². The summed E-state index contributed by atoms with van der Waals surface area (Å²) >= 11 is 0. The van der Waals surface area contributed by atoms with Gasteiger partial charge in [0, 0.05) is 50.7 Å². The summed E-state index contributed by atoms with van der Waals surface area (Å²) < 4.78 is 11.2.